The molecule has 0 aliphatic heterocycles. The van der Waals surface area contributed by atoms with Crippen molar-refractivity contribution < 1.29 is 18.7 Å². The zero-order chi connectivity index (χ0) is 25.9. The Morgan fingerprint density at radius 2 is 1.72 bits per heavy atom. The predicted octanol–water partition coefficient (Wildman–Crippen LogP) is 3.76. The summed E-state index contributed by atoms with van der Waals surface area (Å²) in [5.74, 6) is -2.01. The molecule has 0 saturated heterocycles. The Balaban J connectivity index is 1.86. The lowest BCUT2D eigenvalue weighted by atomic mass is 9.84. The van der Waals surface area contributed by atoms with Crippen molar-refractivity contribution in [3.63, 3.8) is 0 Å². The molecule has 0 bridgehead atoms. The number of nitrogens with zero attached hydrogens (tertiary/aromatic N) is 3. The fraction of sp³-hybridized carbons (Fsp3) is 0.148. The van der Waals surface area contributed by atoms with E-state index in [1.54, 1.807) is 37.5 Å². The Labute approximate surface area is 206 Å². The van der Waals surface area contributed by atoms with Crippen molar-refractivity contribution in [1.82, 2.24) is 14.9 Å². The second kappa shape index (κ2) is 10.1. The number of hydrogen-bond acceptors (Lipinski definition) is 4. The largest absolute Gasteiger partial charge is 0.391 e. The van der Waals surface area contributed by atoms with Gasteiger partial charge in [0.25, 0.3) is 5.91 Å². The molecule has 9 heteroatoms. The number of nitrogens with one attached hydrogen (secondary N) is 1. The van der Waals surface area contributed by atoms with Crippen LogP contribution < -0.4 is 11.1 Å². The topological polar surface area (TPSA) is 106 Å². The molecular weight excluding hydrogens is 464 g/mol. The number of carbonyl (C=O) groups excluding carboxylic acids is 1. The van der Waals surface area contributed by atoms with Gasteiger partial charge in [0.1, 0.15) is 17.5 Å². The number of nitrogens with two attached hydrogens (primary N) is 1. The molecule has 0 fully saturated rings. The molecule has 0 aliphatic rings. The minimum Gasteiger partial charge on any atom is -0.391 e. The van der Waals surface area contributed by atoms with Gasteiger partial charge in [-0.25, -0.2) is 13.8 Å². The van der Waals surface area contributed by atoms with Gasteiger partial charge in [-0.3, -0.25) is 4.79 Å². The Hall–Kier alpha value is -4.37. The summed E-state index contributed by atoms with van der Waals surface area (Å²) in [7, 11) is 1.60. The van der Waals surface area contributed by atoms with Crippen LogP contribution in [0.1, 0.15) is 34.2 Å². The molecule has 4 N–H and O–H groups in total. The number of amidine groups is 1. The first-order chi connectivity index (χ1) is 17.3. The number of benzene rings is 3. The van der Waals surface area contributed by atoms with E-state index in [2.05, 4.69) is 15.3 Å². The van der Waals surface area contributed by atoms with Crippen LogP contribution in [0.25, 0.3) is 11.0 Å². The maximum Gasteiger partial charge on any atom is 0.279 e. The minimum absolute atomic E-state index is 0.0195. The highest BCUT2D eigenvalue weighted by Gasteiger charge is 2.42. The maximum atomic E-state index is 15.0. The minimum atomic E-state index is -2.26. The van der Waals surface area contributed by atoms with Gasteiger partial charge in [-0.2, -0.15) is 4.99 Å². The summed E-state index contributed by atoms with van der Waals surface area (Å²) in [6.07, 6.45) is 3.07. The van der Waals surface area contributed by atoms with Crippen LogP contribution in [0.5, 0.6) is 0 Å². The van der Waals surface area contributed by atoms with Crippen LogP contribution in [0.2, 0.25) is 0 Å². The van der Waals surface area contributed by atoms with Gasteiger partial charge >= 0.3 is 0 Å². The molecule has 4 rings (SSSR count). The third kappa shape index (κ3) is 4.48. The molecule has 0 aliphatic carbocycles. The lowest BCUT2D eigenvalue weighted by Gasteiger charge is -2.29. The lowest BCUT2D eigenvalue weighted by Crippen LogP contribution is -2.34. The number of aliphatic hydroxyl groups is 1. The second-order valence-corrected chi connectivity index (χ2v) is 8.10. The summed E-state index contributed by atoms with van der Waals surface area (Å²) < 4.78 is 31.5. The molecule has 0 spiro atoms. The van der Waals surface area contributed by atoms with Gasteiger partial charge < -0.3 is 20.7 Å². The van der Waals surface area contributed by atoms with Gasteiger partial charge in [0, 0.05) is 36.5 Å². The standard InChI is InChI=1S/C27H25F2N5O2/c1-3-31-15-14-24(30)33-25(35)17-12-13-22-23(16-17)34(2)26(32-22)27(36,18-8-4-6-10-20(18)28)19-9-5-7-11-21(19)29/h4-16,31,36H,3H2,1-2H3,(H2,30,33,35)/b15-14-. The van der Waals surface area contributed by atoms with E-state index in [1.807, 2.05) is 6.92 Å². The summed E-state index contributed by atoms with van der Waals surface area (Å²) in [5.41, 5.74) is 4.33. The normalized spacial score (nSPS) is 12.4. The molecule has 0 saturated carbocycles. The van der Waals surface area contributed by atoms with E-state index < -0.39 is 23.1 Å². The van der Waals surface area contributed by atoms with Gasteiger partial charge in [-0.15, -0.1) is 0 Å². The van der Waals surface area contributed by atoms with Gasteiger partial charge in [0.2, 0.25) is 0 Å². The highest BCUT2D eigenvalue weighted by atomic mass is 19.1. The lowest BCUT2D eigenvalue weighted by molar-refractivity contribution is 0.100. The van der Waals surface area contributed by atoms with E-state index in [0.717, 1.165) is 0 Å². The number of aliphatic imine (C=N–C) groups is 1. The smallest absolute Gasteiger partial charge is 0.279 e. The first kappa shape index (κ1) is 24.7. The van der Waals surface area contributed by atoms with Crippen LogP contribution in [0.15, 0.2) is 84.0 Å². The number of amides is 1. The molecule has 0 atom stereocenters. The number of fused-ring (bicyclic) bond motifs is 1. The molecule has 1 amide bonds. The van der Waals surface area contributed by atoms with Gasteiger partial charge in [-0.05, 0) is 43.3 Å². The second-order valence-electron chi connectivity index (χ2n) is 8.10. The Morgan fingerprint density at radius 3 is 2.31 bits per heavy atom. The quantitative estimate of drug-likeness (QED) is 0.271. The Morgan fingerprint density at radius 1 is 1.11 bits per heavy atom. The first-order valence-electron chi connectivity index (χ1n) is 11.2. The molecule has 184 valence electrons. The number of imidazole rings is 1. The molecule has 7 nitrogen and oxygen atoms in total. The number of carbonyl (C=O) groups is 1. The predicted molar refractivity (Wildman–Crippen MR) is 134 cm³/mol. The highest BCUT2D eigenvalue weighted by Crippen LogP contribution is 2.39. The van der Waals surface area contributed by atoms with Crippen molar-refractivity contribution >= 4 is 22.8 Å². The molecule has 0 radical (unpaired) electrons. The van der Waals surface area contributed by atoms with Crippen molar-refractivity contribution in [3.05, 3.63) is 113 Å². The summed E-state index contributed by atoms with van der Waals surface area (Å²) in [6.45, 7) is 2.61. The molecule has 3 aromatic carbocycles. The van der Waals surface area contributed by atoms with Crippen LogP contribution in [0.3, 0.4) is 0 Å². The number of rotatable bonds is 7. The van der Waals surface area contributed by atoms with E-state index in [9.17, 15) is 18.7 Å². The number of aryl methyl sites for hydroxylation is 1. The summed E-state index contributed by atoms with van der Waals surface area (Å²) in [5, 5.41) is 14.9. The monoisotopic (exact) mass is 489 g/mol. The average Bonchev–Trinajstić information content (AvgIpc) is 3.20. The van der Waals surface area contributed by atoms with Crippen molar-refractivity contribution in [3.8, 4) is 0 Å². The molecule has 4 aromatic rings. The van der Waals surface area contributed by atoms with E-state index in [4.69, 9.17) is 5.73 Å². The average molecular weight is 490 g/mol. The number of aromatic nitrogens is 2. The fourth-order valence-corrected chi connectivity index (χ4v) is 4.02. The van der Waals surface area contributed by atoms with E-state index in [1.165, 1.54) is 53.1 Å². The number of halogens is 2. The molecular formula is C27H25F2N5O2. The van der Waals surface area contributed by atoms with Crippen molar-refractivity contribution in [2.24, 2.45) is 17.8 Å². The highest BCUT2D eigenvalue weighted by molar-refractivity contribution is 6.07. The number of hydrogen-bond donors (Lipinski definition) is 3. The van der Waals surface area contributed by atoms with E-state index >= 15 is 0 Å². The van der Waals surface area contributed by atoms with Crippen LogP contribution in [0, 0.1) is 11.6 Å². The van der Waals surface area contributed by atoms with Gasteiger partial charge in [-0.1, -0.05) is 36.4 Å². The Bertz CT molecular complexity index is 1450. The Kier molecular flexibility index (Phi) is 6.93. The molecule has 36 heavy (non-hydrogen) atoms. The van der Waals surface area contributed by atoms with Gasteiger partial charge in [0.05, 0.1) is 11.0 Å². The van der Waals surface area contributed by atoms with Crippen LogP contribution >= 0.6 is 0 Å². The fourth-order valence-electron chi connectivity index (χ4n) is 4.02. The zero-order valence-electron chi connectivity index (χ0n) is 19.7. The van der Waals surface area contributed by atoms with E-state index in [-0.39, 0.29) is 28.4 Å². The van der Waals surface area contributed by atoms with Crippen LogP contribution in [-0.4, -0.2) is 32.9 Å². The van der Waals surface area contributed by atoms with Crippen molar-refractivity contribution in [2.75, 3.05) is 6.54 Å². The maximum absolute atomic E-state index is 15.0. The first-order valence-corrected chi connectivity index (χ1v) is 11.2. The third-order valence-corrected chi connectivity index (χ3v) is 5.79. The van der Waals surface area contributed by atoms with Crippen molar-refractivity contribution in [1.29, 1.82) is 0 Å². The summed E-state index contributed by atoms with van der Waals surface area (Å²) in [4.78, 5) is 21.1. The van der Waals surface area contributed by atoms with Gasteiger partial charge in [0.15, 0.2) is 11.4 Å². The zero-order valence-corrected chi connectivity index (χ0v) is 19.7. The SMILES string of the molecule is CCN/C=C\C(N)=NC(=O)c1ccc2nc(C(O)(c3ccccc3F)c3ccccc3F)n(C)c2c1. The van der Waals surface area contributed by atoms with Crippen molar-refractivity contribution in [2.45, 2.75) is 12.5 Å². The van der Waals surface area contributed by atoms with E-state index in [0.29, 0.717) is 17.6 Å². The molecule has 0 unspecified atom stereocenters. The summed E-state index contributed by atoms with van der Waals surface area (Å²) >= 11 is 0. The molecule has 1 heterocycles. The third-order valence-electron chi connectivity index (χ3n) is 5.79. The molecule has 1 aromatic heterocycles. The summed E-state index contributed by atoms with van der Waals surface area (Å²) in [6, 6.07) is 15.9. The van der Waals surface area contributed by atoms with Crippen LogP contribution in [-0.2, 0) is 12.6 Å². The van der Waals surface area contributed by atoms with Crippen LogP contribution in [0.4, 0.5) is 8.78 Å².